The van der Waals surface area contributed by atoms with Crippen molar-refractivity contribution < 1.29 is 14.3 Å². The van der Waals surface area contributed by atoms with Gasteiger partial charge < -0.3 is 10.1 Å². The van der Waals surface area contributed by atoms with E-state index in [0.29, 0.717) is 5.57 Å². The highest BCUT2D eigenvalue weighted by molar-refractivity contribution is 6.00. The van der Waals surface area contributed by atoms with Crippen molar-refractivity contribution in [2.45, 2.75) is 13.8 Å². The molecule has 0 aliphatic carbocycles. The van der Waals surface area contributed by atoms with Gasteiger partial charge in [0, 0.05) is 6.92 Å². The fourth-order valence-electron chi connectivity index (χ4n) is 2.26. The molecule has 0 saturated carbocycles. The van der Waals surface area contributed by atoms with E-state index in [9.17, 15) is 9.59 Å². The molecule has 0 aliphatic heterocycles. The van der Waals surface area contributed by atoms with Gasteiger partial charge in [-0.25, -0.2) is 4.79 Å². The third-order valence-corrected chi connectivity index (χ3v) is 3.49. The van der Waals surface area contributed by atoms with E-state index in [1.165, 1.54) is 14.0 Å². The molecular weight excluding hydrogens is 290 g/mol. The smallest absolute Gasteiger partial charge is 0.354 e. The average molecular weight is 309 g/mol. The Morgan fingerprint density at radius 3 is 1.96 bits per heavy atom. The molecule has 1 amide bonds. The zero-order valence-electron chi connectivity index (χ0n) is 13.4. The lowest BCUT2D eigenvalue weighted by Gasteiger charge is -2.11. The maximum atomic E-state index is 11.9. The molecule has 2 aromatic carbocycles. The van der Waals surface area contributed by atoms with Crippen LogP contribution in [-0.4, -0.2) is 19.0 Å². The molecule has 4 nitrogen and oxygen atoms in total. The van der Waals surface area contributed by atoms with Crippen molar-refractivity contribution in [3.63, 3.8) is 0 Å². The zero-order valence-corrected chi connectivity index (χ0v) is 13.4. The molecule has 0 aromatic heterocycles. The minimum absolute atomic E-state index is 0.160. The van der Waals surface area contributed by atoms with E-state index in [1.54, 1.807) is 6.92 Å². The van der Waals surface area contributed by atoms with Crippen molar-refractivity contribution in [3.05, 3.63) is 65.9 Å². The molecule has 0 unspecified atom stereocenters. The lowest BCUT2D eigenvalue weighted by molar-refractivity contribution is -0.137. The van der Waals surface area contributed by atoms with Crippen LogP contribution in [0.3, 0.4) is 0 Å². The van der Waals surface area contributed by atoms with Crippen LogP contribution in [0, 0.1) is 0 Å². The van der Waals surface area contributed by atoms with Crippen molar-refractivity contribution in [2.24, 2.45) is 0 Å². The number of amides is 1. The highest BCUT2D eigenvalue weighted by Crippen LogP contribution is 2.23. The van der Waals surface area contributed by atoms with Gasteiger partial charge in [-0.2, -0.15) is 0 Å². The first-order valence-electron chi connectivity index (χ1n) is 7.25. The molecular formula is C19H19NO3. The summed E-state index contributed by atoms with van der Waals surface area (Å²) in [6.45, 7) is 3.13. The van der Waals surface area contributed by atoms with Crippen LogP contribution in [0.15, 0.2) is 60.3 Å². The molecule has 0 bridgehead atoms. The molecule has 4 heteroatoms. The first-order chi connectivity index (χ1) is 11.0. The number of carbonyl (C=O) groups is 2. The van der Waals surface area contributed by atoms with Crippen LogP contribution in [0.1, 0.15) is 19.4 Å². The lowest BCUT2D eigenvalue weighted by atomic mass is 10.00. The summed E-state index contributed by atoms with van der Waals surface area (Å²) in [6, 6.07) is 17.8. The van der Waals surface area contributed by atoms with Crippen LogP contribution in [0.4, 0.5) is 0 Å². The predicted molar refractivity (Wildman–Crippen MR) is 90.3 cm³/mol. The minimum Gasteiger partial charge on any atom is -0.464 e. The second-order valence-corrected chi connectivity index (χ2v) is 5.12. The molecule has 0 spiro atoms. The lowest BCUT2D eigenvalue weighted by Crippen LogP contribution is -2.26. The molecule has 118 valence electrons. The van der Waals surface area contributed by atoms with Gasteiger partial charge in [0.15, 0.2) is 0 Å². The normalized spacial score (nSPS) is 11.4. The number of carbonyl (C=O) groups excluding carboxylic acids is 2. The quantitative estimate of drug-likeness (QED) is 0.695. The van der Waals surface area contributed by atoms with Gasteiger partial charge in [-0.15, -0.1) is 0 Å². The Morgan fingerprint density at radius 1 is 0.870 bits per heavy atom. The molecule has 1 N–H and O–H groups in total. The fraction of sp³-hybridized carbons (Fsp3) is 0.158. The second-order valence-electron chi connectivity index (χ2n) is 5.12. The highest BCUT2D eigenvalue weighted by atomic mass is 16.5. The molecule has 0 fully saturated rings. The van der Waals surface area contributed by atoms with E-state index in [0.717, 1.165) is 16.7 Å². The summed E-state index contributed by atoms with van der Waals surface area (Å²) in [5.74, 6) is -0.879. The Morgan fingerprint density at radius 2 is 1.43 bits per heavy atom. The Bertz CT molecular complexity index is 731. The molecule has 0 atom stereocenters. The number of hydrogen-bond acceptors (Lipinski definition) is 3. The van der Waals surface area contributed by atoms with E-state index in [2.05, 4.69) is 5.32 Å². The predicted octanol–water partition coefficient (Wildman–Crippen LogP) is 3.39. The first kappa shape index (κ1) is 16.5. The van der Waals surface area contributed by atoms with E-state index in [-0.39, 0.29) is 11.6 Å². The number of rotatable bonds is 4. The van der Waals surface area contributed by atoms with Gasteiger partial charge in [0.1, 0.15) is 5.70 Å². The number of ether oxygens (including phenoxy) is 1. The summed E-state index contributed by atoms with van der Waals surface area (Å²) in [5, 5.41) is 2.54. The van der Waals surface area contributed by atoms with Gasteiger partial charge in [0.2, 0.25) is 5.91 Å². The molecule has 0 heterocycles. The van der Waals surface area contributed by atoms with Gasteiger partial charge >= 0.3 is 5.97 Å². The Hall–Kier alpha value is -2.88. The molecule has 2 aromatic rings. The highest BCUT2D eigenvalue weighted by Gasteiger charge is 2.16. The maximum absolute atomic E-state index is 11.9. The summed E-state index contributed by atoms with van der Waals surface area (Å²) >= 11 is 0. The minimum atomic E-state index is -0.565. The maximum Gasteiger partial charge on any atom is 0.354 e. The first-order valence-corrected chi connectivity index (χ1v) is 7.25. The average Bonchev–Trinajstić information content (AvgIpc) is 2.59. The molecule has 0 saturated heterocycles. The zero-order chi connectivity index (χ0) is 16.8. The molecule has 2 rings (SSSR count). The van der Waals surface area contributed by atoms with Crippen molar-refractivity contribution in [1.82, 2.24) is 5.32 Å². The summed E-state index contributed by atoms with van der Waals surface area (Å²) in [7, 11) is 1.29. The number of nitrogens with one attached hydrogen (secondary N) is 1. The fourth-order valence-corrected chi connectivity index (χ4v) is 2.26. The summed E-state index contributed by atoms with van der Waals surface area (Å²) < 4.78 is 4.74. The number of hydrogen-bond donors (Lipinski definition) is 1. The molecule has 23 heavy (non-hydrogen) atoms. The van der Waals surface area contributed by atoms with Gasteiger partial charge in [0.05, 0.1) is 7.11 Å². The summed E-state index contributed by atoms with van der Waals surface area (Å²) in [6.07, 6.45) is 0. The van der Waals surface area contributed by atoms with Gasteiger partial charge in [-0.05, 0) is 29.2 Å². The Labute approximate surface area is 135 Å². The topological polar surface area (TPSA) is 55.4 Å². The van der Waals surface area contributed by atoms with E-state index in [1.807, 2.05) is 54.6 Å². The second kappa shape index (κ2) is 7.40. The number of methoxy groups -OCH3 is 1. The van der Waals surface area contributed by atoms with Gasteiger partial charge in [-0.3, -0.25) is 4.79 Å². The monoisotopic (exact) mass is 309 g/mol. The van der Waals surface area contributed by atoms with Gasteiger partial charge in [0.25, 0.3) is 0 Å². The van der Waals surface area contributed by atoms with E-state index >= 15 is 0 Å². The third kappa shape index (κ3) is 4.07. The Kier molecular flexibility index (Phi) is 5.31. The van der Waals surface area contributed by atoms with Gasteiger partial charge in [-0.1, -0.05) is 54.6 Å². The van der Waals surface area contributed by atoms with Crippen molar-refractivity contribution >= 4 is 17.4 Å². The van der Waals surface area contributed by atoms with Crippen LogP contribution < -0.4 is 5.32 Å². The van der Waals surface area contributed by atoms with Crippen molar-refractivity contribution in [1.29, 1.82) is 0 Å². The Balaban J connectivity index is 2.37. The van der Waals surface area contributed by atoms with Crippen molar-refractivity contribution in [2.75, 3.05) is 7.11 Å². The van der Waals surface area contributed by atoms with Crippen molar-refractivity contribution in [3.8, 4) is 11.1 Å². The molecule has 0 radical (unpaired) electrons. The van der Waals surface area contributed by atoms with Crippen LogP contribution in [0.5, 0.6) is 0 Å². The van der Waals surface area contributed by atoms with Crippen LogP contribution >= 0.6 is 0 Å². The number of benzene rings is 2. The van der Waals surface area contributed by atoms with Crippen LogP contribution in [0.2, 0.25) is 0 Å². The van der Waals surface area contributed by atoms with Crippen LogP contribution in [-0.2, 0) is 14.3 Å². The number of allylic oxidation sites excluding steroid dienone is 1. The van der Waals surface area contributed by atoms with Crippen LogP contribution in [0.25, 0.3) is 16.7 Å². The SMILES string of the molecule is COC(=O)/C(NC(C)=O)=C(/C)c1ccc(-c2ccccc2)cc1. The number of esters is 1. The standard InChI is InChI=1S/C19H19NO3/c1-13(18(19(22)23-3)20-14(2)21)15-9-11-17(12-10-15)16-7-5-4-6-8-16/h4-12H,1-3H3,(H,20,21)/b18-13+. The summed E-state index contributed by atoms with van der Waals surface area (Å²) in [4.78, 5) is 23.2. The largest absolute Gasteiger partial charge is 0.464 e. The summed E-state index contributed by atoms with van der Waals surface area (Å²) in [5.41, 5.74) is 3.87. The van der Waals surface area contributed by atoms with E-state index < -0.39 is 5.97 Å². The molecule has 0 aliphatic rings. The third-order valence-electron chi connectivity index (χ3n) is 3.49. The van der Waals surface area contributed by atoms with E-state index in [4.69, 9.17) is 4.74 Å².